The average Bonchev–Trinajstić information content (AvgIpc) is 3.20. The van der Waals surface area contributed by atoms with Gasteiger partial charge in [0, 0.05) is 11.6 Å². The molecule has 0 saturated carbocycles. The van der Waals surface area contributed by atoms with Gasteiger partial charge >= 0.3 is 0 Å². The fourth-order valence-corrected chi connectivity index (χ4v) is 2.70. The van der Waals surface area contributed by atoms with Crippen LogP contribution in [-0.4, -0.2) is 28.2 Å². The zero-order valence-corrected chi connectivity index (χ0v) is 16.6. The van der Waals surface area contributed by atoms with Crippen LogP contribution in [0.5, 0.6) is 5.75 Å². The topological polar surface area (TPSA) is 106 Å². The summed E-state index contributed by atoms with van der Waals surface area (Å²) < 4.78 is 5.14. The van der Waals surface area contributed by atoms with Crippen molar-refractivity contribution in [2.45, 2.75) is 19.5 Å². The first-order chi connectivity index (χ1) is 13.1. The molecule has 2 atom stereocenters. The van der Waals surface area contributed by atoms with Gasteiger partial charge in [0.2, 0.25) is 5.91 Å². The van der Waals surface area contributed by atoms with E-state index in [9.17, 15) is 4.79 Å². The number of ether oxygens (including phenoxy) is 1. The summed E-state index contributed by atoms with van der Waals surface area (Å²) in [6.45, 7) is 2.07. The SMILES string of the molecule is COc1ccc(-c2n[nH]c(CNC(=O)C(C)C(N)c3ccccc3)n2)cc1.Cl. The number of rotatable bonds is 7. The Bertz CT molecular complexity index is 883. The van der Waals surface area contributed by atoms with Crippen molar-refractivity contribution >= 4 is 18.3 Å². The molecule has 0 radical (unpaired) electrons. The van der Waals surface area contributed by atoms with Gasteiger partial charge in [-0.25, -0.2) is 4.98 Å². The van der Waals surface area contributed by atoms with E-state index in [1.165, 1.54) is 0 Å². The molecule has 28 heavy (non-hydrogen) atoms. The number of nitrogens with zero attached hydrogens (tertiary/aromatic N) is 2. The third-order valence-electron chi connectivity index (χ3n) is 4.45. The van der Waals surface area contributed by atoms with Crippen molar-refractivity contribution in [3.05, 3.63) is 66.0 Å². The van der Waals surface area contributed by atoms with E-state index in [4.69, 9.17) is 10.5 Å². The van der Waals surface area contributed by atoms with Crippen LogP contribution in [0.4, 0.5) is 0 Å². The molecule has 3 rings (SSSR count). The molecular formula is C20H24ClN5O2. The molecule has 4 N–H and O–H groups in total. The van der Waals surface area contributed by atoms with Gasteiger partial charge in [0.15, 0.2) is 5.82 Å². The van der Waals surface area contributed by atoms with Gasteiger partial charge < -0.3 is 15.8 Å². The average molecular weight is 402 g/mol. The number of carbonyl (C=O) groups excluding carboxylic acids is 1. The minimum Gasteiger partial charge on any atom is -0.497 e. The zero-order chi connectivity index (χ0) is 19.2. The summed E-state index contributed by atoms with van der Waals surface area (Å²) in [5, 5.41) is 9.90. The van der Waals surface area contributed by atoms with Crippen LogP contribution in [-0.2, 0) is 11.3 Å². The van der Waals surface area contributed by atoms with E-state index in [1.54, 1.807) is 7.11 Å². The quantitative estimate of drug-likeness (QED) is 0.564. The maximum absolute atomic E-state index is 12.4. The minimum absolute atomic E-state index is 0. The highest BCUT2D eigenvalue weighted by Gasteiger charge is 2.22. The van der Waals surface area contributed by atoms with Crippen LogP contribution in [0.2, 0.25) is 0 Å². The lowest BCUT2D eigenvalue weighted by Crippen LogP contribution is -2.35. The highest BCUT2D eigenvalue weighted by molar-refractivity contribution is 5.85. The molecule has 3 aromatic rings. The van der Waals surface area contributed by atoms with E-state index in [0.29, 0.717) is 11.6 Å². The second-order valence-electron chi connectivity index (χ2n) is 6.28. The summed E-state index contributed by atoms with van der Waals surface area (Å²) in [6, 6.07) is 16.7. The van der Waals surface area contributed by atoms with Crippen LogP contribution in [0.1, 0.15) is 24.4 Å². The maximum atomic E-state index is 12.4. The number of nitrogens with one attached hydrogen (secondary N) is 2. The Balaban J connectivity index is 0.00000280. The molecule has 0 aliphatic heterocycles. The molecular weight excluding hydrogens is 378 g/mol. The second kappa shape index (κ2) is 9.87. The van der Waals surface area contributed by atoms with Gasteiger partial charge in [-0.05, 0) is 29.8 Å². The summed E-state index contributed by atoms with van der Waals surface area (Å²) >= 11 is 0. The number of methoxy groups -OCH3 is 1. The molecule has 8 heteroatoms. The molecule has 7 nitrogen and oxygen atoms in total. The number of halogens is 1. The van der Waals surface area contributed by atoms with E-state index < -0.39 is 0 Å². The van der Waals surface area contributed by atoms with Crippen LogP contribution in [0.15, 0.2) is 54.6 Å². The number of hydrogen-bond donors (Lipinski definition) is 3. The molecule has 2 aromatic carbocycles. The van der Waals surface area contributed by atoms with Crippen LogP contribution < -0.4 is 15.8 Å². The molecule has 0 aliphatic carbocycles. The molecule has 0 aliphatic rings. The van der Waals surface area contributed by atoms with Gasteiger partial charge in [-0.2, -0.15) is 5.10 Å². The van der Waals surface area contributed by atoms with E-state index in [0.717, 1.165) is 16.9 Å². The lowest BCUT2D eigenvalue weighted by Gasteiger charge is -2.19. The van der Waals surface area contributed by atoms with Crippen molar-refractivity contribution in [3.63, 3.8) is 0 Å². The smallest absolute Gasteiger partial charge is 0.225 e. The Morgan fingerprint density at radius 1 is 1.18 bits per heavy atom. The van der Waals surface area contributed by atoms with Gasteiger partial charge in [0.1, 0.15) is 11.6 Å². The van der Waals surface area contributed by atoms with Crippen LogP contribution in [0.25, 0.3) is 11.4 Å². The molecule has 0 spiro atoms. The highest BCUT2D eigenvalue weighted by atomic mass is 35.5. The van der Waals surface area contributed by atoms with Gasteiger partial charge in [-0.3, -0.25) is 9.89 Å². The fraction of sp³-hybridized carbons (Fsp3) is 0.250. The summed E-state index contributed by atoms with van der Waals surface area (Å²) in [5.74, 6) is 1.42. The van der Waals surface area contributed by atoms with Crippen molar-refractivity contribution in [1.29, 1.82) is 0 Å². The Morgan fingerprint density at radius 2 is 1.86 bits per heavy atom. The number of hydrogen-bond acceptors (Lipinski definition) is 5. The first-order valence-corrected chi connectivity index (χ1v) is 8.72. The Kier molecular flexibility index (Phi) is 7.54. The Morgan fingerprint density at radius 3 is 2.50 bits per heavy atom. The Labute approximate surface area is 170 Å². The predicted octanol–water partition coefficient (Wildman–Crippen LogP) is 2.85. The number of benzene rings is 2. The molecule has 0 saturated heterocycles. The number of aromatic nitrogens is 3. The van der Waals surface area contributed by atoms with Crippen molar-refractivity contribution in [3.8, 4) is 17.1 Å². The van der Waals surface area contributed by atoms with Crippen molar-refractivity contribution in [2.75, 3.05) is 7.11 Å². The van der Waals surface area contributed by atoms with E-state index in [-0.39, 0.29) is 36.8 Å². The first-order valence-electron chi connectivity index (χ1n) is 8.72. The van der Waals surface area contributed by atoms with Crippen molar-refractivity contribution < 1.29 is 9.53 Å². The van der Waals surface area contributed by atoms with Crippen LogP contribution in [0.3, 0.4) is 0 Å². The number of amides is 1. The van der Waals surface area contributed by atoms with Gasteiger partial charge in [-0.15, -0.1) is 12.4 Å². The van der Waals surface area contributed by atoms with Gasteiger partial charge in [0.25, 0.3) is 0 Å². The molecule has 0 fully saturated rings. The molecule has 1 heterocycles. The second-order valence-corrected chi connectivity index (χ2v) is 6.28. The number of carbonyl (C=O) groups is 1. The maximum Gasteiger partial charge on any atom is 0.225 e. The summed E-state index contributed by atoms with van der Waals surface area (Å²) in [4.78, 5) is 16.8. The molecule has 1 amide bonds. The summed E-state index contributed by atoms with van der Waals surface area (Å²) in [7, 11) is 1.62. The van der Waals surface area contributed by atoms with Crippen LogP contribution >= 0.6 is 12.4 Å². The standard InChI is InChI=1S/C20H23N5O2.ClH/c1-13(18(21)14-6-4-3-5-7-14)20(26)22-12-17-23-19(25-24-17)15-8-10-16(27-2)11-9-15;/h3-11,13,18H,12,21H2,1-2H3,(H,22,26)(H,23,24,25);1H. The number of H-pyrrole nitrogens is 1. The number of aromatic amines is 1. The first kappa shape index (κ1) is 21.4. The lowest BCUT2D eigenvalue weighted by molar-refractivity contribution is -0.125. The van der Waals surface area contributed by atoms with Gasteiger partial charge in [-0.1, -0.05) is 37.3 Å². The van der Waals surface area contributed by atoms with Crippen molar-refractivity contribution in [1.82, 2.24) is 20.5 Å². The number of nitrogens with two attached hydrogens (primary N) is 1. The summed E-state index contributed by atoms with van der Waals surface area (Å²) in [6.07, 6.45) is 0. The third-order valence-corrected chi connectivity index (χ3v) is 4.45. The normalized spacial score (nSPS) is 12.5. The minimum atomic E-state index is -0.365. The largest absolute Gasteiger partial charge is 0.497 e. The lowest BCUT2D eigenvalue weighted by atomic mass is 9.95. The molecule has 148 valence electrons. The Hall–Kier alpha value is -2.90. The zero-order valence-electron chi connectivity index (χ0n) is 15.8. The molecule has 2 unspecified atom stereocenters. The molecule has 0 bridgehead atoms. The van der Waals surface area contributed by atoms with E-state index in [2.05, 4.69) is 20.5 Å². The molecule has 1 aromatic heterocycles. The third kappa shape index (κ3) is 5.09. The van der Waals surface area contributed by atoms with Crippen molar-refractivity contribution in [2.24, 2.45) is 11.7 Å². The van der Waals surface area contributed by atoms with Crippen LogP contribution in [0, 0.1) is 5.92 Å². The van der Waals surface area contributed by atoms with Gasteiger partial charge in [0.05, 0.1) is 19.6 Å². The monoisotopic (exact) mass is 401 g/mol. The fourth-order valence-electron chi connectivity index (χ4n) is 2.70. The highest BCUT2D eigenvalue weighted by Crippen LogP contribution is 2.20. The van der Waals surface area contributed by atoms with E-state index >= 15 is 0 Å². The van der Waals surface area contributed by atoms with E-state index in [1.807, 2.05) is 61.5 Å². The predicted molar refractivity (Wildman–Crippen MR) is 110 cm³/mol. The summed E-state index contributed by atoms with van der Waals surface area (Å²) in [5.41, 5.74) is 8.00.